The lowest BCUT2D eigenvalue weighted by atomic mass is 10.0. The van der Waals surface area contributed by atoms with Gasteiger partial charge >= 0.3 is 12.1 Å². The molecule has 0 aliphatic rings. The van der Waals surface area contributed by atoms with Crippen molar-refractivity contribution in [2.24, 2.45) is 0 Å². The van der Waals surface area contributed by atoms with Crippen molar-refractivity contribution in [3.63, 3.8) is 0 Å². The second-order valence-electron chi connectivity index (χ2n) is 7.71. The van der Waals surface area contributed by atoms with E-state index in [9.17, 15) is 22.8 Å². The highest BCUT2D eigenvalue weighted by Crippen LogP contribution is 2.38. The normalized spacial score (nSPS) is 11.7. The summed E-state index contributed by atoms with van der Waals surface area (Å²) in [5, 5.41) is 1.72. The van der Waals surface area contributed by atoms with E-state index in [0.717, 1.165) is 11.5 Å². The Kier molecular flexibility index (Phi) is 5.57. The molecule has 0 radical (unpaired) electrons. The predicted molar refractivity (Wildman–Crippen MR) is 127 cm³/mol. The minimum absolute atomic E-state index is 0.0174. The lowest BCUT2D eigenvalue weighted by molar-refractivity contribution is -0.152. The number of carbonyl (C=O) groups excluding carboxylic acids is 1. The van der Waals surface area contributed by atoms with Crippen molar-refractivity contribution < 1.29 is 27.1 Å². The first-order valence-electron chi connectivity index (χ1n) is 10.4. The SMILES string of the molecule is O=C(Oc1ccc2c(=O)c(-c3ccc(Cl)cc3)c(C(F)(F)F)oc2c1)c1cccc2ccccc12. The van der Waals surface area contributed by atoms with E-state index in [1.807, 2.05) is 18.2 Å². The fraction of sp³-hybridized carbons (Fsp3) is 0.0370. The molecule has 0 aliphatic heterocycles. The van der Waals surface area contributed by atoms with E-state index in [1.165, 1.54) is 36.4 Å². The molecule has 5 rings (SSSR count). The molecule has 1 aromatic heterocycles. The van der Waals surface area contributed by atoms with Crippen LogP contribution in [0.4, 0.5) is 13.2 Å². The summed E-state index contributed by atoms with van der Waals surface area (Å²) in [6, 6.07) is 21.5. The highest BCUT2D eigenvalue weighted by molar-refractivity contribution is 6.30. The van der Waals surface area contributed by atoms with Gasteiger partial charge in [0.05, 0.1) is 16.5 Å². The van der Waals surface area contributed by atoms with E-state index in [1.54, 1.807) is 24.3 Å². The number of ether oxygens (including phenoxy) is 1. The predicted octanol–water partition coefficient (Wildman–Crippen LogP) is 7.50. The van der Waals surface area contributed by atoms with Gasteiger partial charge in [0.2, 0.25) is 11.2 Å². The van der Waals surface area contributed by atoms with Gasteiger partial charge in [-0.15, -0.1) is 0 Å². The van der Waals surface area contributed by atoms with Gasteiger partial charge in [-0.25, -0.2) is 4.79 Å². The van der Waals surface area contributed by atoms with Gasteiger partial charge in [-0.3, -0.25) is 4.79 Å². The maximum atomic E-state index is 13.9. The second kappa shape index (κ2) is 8.60. The largest absolute Gasteiger partial charge is 0.450 e. The van der Waals surface area contributed by atoms with Gasteiger partial charge in [-0.05, 0) is 46.7 Å². The van der Waals surface area contributed by atoms with E-state index in [4.69, 9.17) is 20.8 Å². The highest BCUT2D eigenvalue weighted by Gasteiger charge is 2.39. The lowest BCUT2D eigenvalue weighted by Gasteiger charge is -2.13. The number of hydrogen-bond acceptors (Lipinski definition) is 4. The summed E-state index contributed by atoms with van der Waals surface area (Å²) in [5.74, 6) is -2.21. The average Bonchev–Trinajstić information content (AvgIpc) is 2.83. The van der Waals surface area contributed by atoms with Crippen LogP contribution in [-0.2, 0) is 6.18 Å². The van der Waals surface area contributed by atoms with Crippen LogP contribution in [0.3, 0.4) is 0 Å². The zero-order valence-corrected chi connectivity index (χ0v) is 18.5. The summed E-state index contributed by atoms with van der Waals surface area (Å²) in [6.07, 6.45) is -4.95. The molecule has 0 N–H and O–H groups in total. The molecule has 35 heavy (non-hydrogen) atoms. The molecule has 0 fully saturated rings. The molecule has 0 atom stereocenters. The van der Waals surface area contributed by atoms with Crippen molar-refractivity contribution in [3.05, 3.63) is 111 Å². The summed E-state index contributed by atoms with van der Waals surface area (Å²) >= 11 is 5.83. The number of hydrogen-bond donors (Lipinski definition) is 0. The molecule has 0 amide bonds. The van der Waals surface area contributed by atoms with Gasteiger partial charge in [-0.1, -0.05) is 60.1 Å². The lowest BCUT2D eigenvalue weighted by Crippen LogP contribution is -2.16. The Hall–Kier alpha value is -4.10. The van der Waals surface area contributed by atoms with E-state index < -0.39 is 28.9 Å². The van der Waals surface area contributed by atoms with Crippen molar-refractivity contribution in [2.45, 2.75) is 6.18 Å². The Bertz CT molecular complexity index is 1650. The molecule has 0 saturated carbocycles. The topological polar surface area (TPSA) is 56.5 Å². The molecule has 5 aromatic rings. The first kappa shape index (κ1) is 22.7. The minimum Gasteiger partial charge on any atom is -0.450 e. The van der Waals surface area contributed by atoms with E-state index in [0.29, 0.717) is 16.0 Å². The Morgan fingerprint density at radius 3 is 2.31 bits per heavy atom. The molecular weight excluding hydrogens is 481 g/mol. The molecule has 1 heterocycles. The zero-order chi connectivity index (χ0) is 24.7. The third-order valence-corrected chi connectivity index (χ3v) is 5.73. The van der Waals surface area contributed by atoms with Crippen molar-refractivity contribution >= 4 is 39.3 Å². The highest BCUT2D eigenvalue weighted by atomic mass is 35.5. The third kappa shape index (κ3) is 4.26. The fourth-order valence-corrected chi connectivity index (χ4v) is 4.01. The van der Waals surface area contributed by atoms with Gasteiger partial charge in [0.15, 0.2) is 0 Å². The molecule has 174 valence electrons. The molecule has 4 nitrogen and oxygen atoms in total. The Morgan fingerprint density at radius 2 is 1.57 bits per heavy atom. The molecule has 4 aromatic carbocycles. The van der Waals surface area contributed by atoms with Crippen LogP contribution < -0.4 is 10.2 Å². The Labute approximate surface area is 201 Å². The smallest absolute Gasteiger partial charge is 0.450 e. The Balaban J connectivity index is 1.60. The summed E-state index contributed by atoms with van der Waals surface area (Å²) in [5.41, 5.74) is -1.54. The van der Waals surface area contributed by atoms with Crippen molar-refractivity contribution in [2.75, 3.05) is 0 Å². The van der Waals surface area contributed by atoms with Crippen LogP contribution in [0.5, 0.6) is 5.75 Å². The standard InChI is InChI=1S/C27H14ClF3O4/c28-17-10-8-16(9-11-17)23-24(32)21-13-12-18(14-22(21)35-25(23)27(29,30)31)34-26(33)20-7-3-5-15-4-1-2-6-19(15)20/h1-14H. The fourth-order valence-electron chi connectivity index (χ4n) is 3.88. The average molecular weight is 495 g/mol. The molecular formula is C27H14ClF3O4. The van der Waals surface area contributed by atoms with E-state index in [2.05, 4.69) is 0 Å². The van der Waals surface area contributed by atoms with Crippen molar-refractivity contribution in [3.8, 4) is 16.9 Å². The molecule has 0 spiro atoms. The first-order valence-corrected chi connectivity index (χ1v) is 10.7. The third-order valence-electron chi connectivity index (χ3n) is 5.47. The summed E-state index contributed by atoms with van der Waals surface area (Å²) in [4.78, 5) is 25.9. The number of rotatable bonds is 3. The van der Waals surface area contributed by atoms with Crippen LogP contribution in [0.2, 0.25) is 5.02 Å². The molecule has 0 saturated heterocycles. The summed E-state index contributed by atoms with van der Waals surface area (Å²) in [6.45, 7) is 0. The minimum atomic E-state index is -4.95. The van der Waals surface area contributed by atoms with Crippen LogP contribution in [0.25, 0.3) is 32.9 Å². The van der Waals surface area contributed by atoms with Crippen molar-refractivity contribution in [1.29, 1.82) is 0 Å². The van der Waals surface area contributed by atoms with Crippen LogP contribution in [0, 0.1) is 0 Å². The van der Waals surface area contributed by atoms with Gasteiger partial charge in [0.25, 0.3) is 0 Å². The zero-order valence-electron chi connectivity index (χ0n) is 17.7. The first-order chi connectivity index (χ1) is 16.7. The molecule has 0 unspecified atom stereocenters. The maximum absolute atomic E-state index is 13.9. The Morgan fingerprint density at radius 1 is 0.857 bits per heavy atom. The van der Waals surface area contributed by atoms with Crippen LogP contribution in [0.15, 0.2) is 94.1 Å². The van der Waals surface area contributed by atoms with Crippen molar-refractivity contribution in [1.82, 2.24) is 0 Å². The van der Waals surface area contributed by atoms with E-state index >= 15 is 0 Å². The number of benzene rings is 4. The number of carbonyl (C=O) groups is 1. The number of alkyl halides is 3. The summed E-state index contributed by atoms with van der Waals surface area (Å²) < 4.78 is 52.2. The summed E-state index contributed by atoms with van der Waals surface area (Å²) in [7, 11) is 0. The van der Waals surface area contributed by atoms with Gasteiger partial charge in [0, 0.05) is 11.1 Å². The monoisotopic (exact) mass is 494 g/mol. The molecule has 0 bridgehead atoms. The number of fused-ring (bicyclic) bond motifs is 2. The molecule has 8 heteroatoms. The van der Waals surface area contributed by atoms with Crippen LogP contribution in [0.1, 0.15) is 16.1 Å². The second-order valence-corrected chi connectivity index (χ2v) is 8.15. The van der Waals surface area contributed by atoms with E-state index in [-0.39, 0.29) is 22.3 Å². The number of esters is 1. The van der Waals surface area contributed by atoms with Crippen LogP contribution in [-0.4, -0.2) is 5.97 Å². The van der Waals surface area contributed by atoms with Gasteiger partial charge < -0.3 is 9.15 Å². The van der Waals surface area contributed by atoms with Gasteiger partial charge in [-0.2, -0.15) is 13.2 Å². The quantitative estimate of drug-likeness (QED) is 0.192. The van der Waals surface area contributed by atoms with Crippen LogP contribution >= 0.6 is 11.6 Å². The maximum Gasteiger partial charge on any atom is 0.450 e. The molecule has 0 aliphatic carbocycles. The van der Waals surface area contributed by atoms with Gasteiger partial charge in [0.1, 0.15) is 11.3 Å². The number of halogens is 4.